The number of esters is 3. The number of likely N-dealkylation sites (N-methyl/N-ethyl adjacent to an activating group) is 1. The van der Waals surface area contributed by atoms with E-state index in [1.54, 1.807) is 54.6 Å². The maximum atomic E-state index is 13.2. The first kappa shape index (κ1) is 28.4. The number of carbonyl (C=O) groups is 4. The number of rotatable bonds is 9. The number of carboxylic acid groups (broad SMARTS) is 1. The zero-order valence-corrected chi connectivity index (χ0v) is 21.6. The molecule has 208 valence electrons. The molecular formula is C29H27NO10. The van der Waals surface area contributed by atoms with Gasteiger partial charge in [-0.25, -0.2) is 19.2 Å². The molecule has 1 heterocycles. The van der Waals surface area contributed by atoms with Gasteiger partial charge in [0.15, 0.2) is 30.6 Å². The maximum absolute atomic E-state index is 13.2. The van der Waals surface area contributed by atoms with E-state index in [9.17, 15) is 24.3 Å². The number of hydrogen-bond donors (Lipinski definition) is 1. The average molecular weight is 550 g/mol. The predicted octanol–water partition coefficient (Wildman–Crippen LogP) is 2.97. The van der Waals surface area contributed by atoms with Crippen molar-refractivity contribution in [2.24, 2.45) is 0 Å². The van der Waals surface area contributed by atoms with Crippen LogP contribution in [0.2, 0.25) is 0 Å². The molecule has 0 aromatic heterocycles. The highest BCUT2D eigenvalue weighted by Crippen LogP contribution is 2.32. The van der Waals surface area contributed by atoms with E-state index in [1.807, 2.05) is 0 Å². The van der Waals surface area contributed by atoms with Gasteiger partial charge in [-0.3, -0.25) is 4.84 Å². The Morgan fingerprint density at radius 2 is 1.02 bits per heavy atom. The highest BCUT2D eigenvalue weighted by molar-refractivity contribution is 5.91. The Labute approximate surface area is 229 Å². The van der Waals surface area contributed by atoms with Gasteiger partial charge in [-0.1, -0.05) is 54.6 Å². The monoisotopic (exact) mass is 549 g/mol. The SMILES string of the molecule is CON(C)[C@@H]1O[C@H](C(=O)O)[C@@H](OC(=O)c2ccccc2)[C@H](OC(=O)c2ccccc2)[C@H]1OC(=O)c1ccccc1. The molecule has 0 saturated carbocycles. The van der Waals surface area contributed by atoms with Crippen LogP contribution in [-0.2, 0) is 28.6 Å². The van der Waals surface area contributed by atoms with E-state index >= 15 is 0 Å². The van der Waals surface area contributed by atoms with Crippen molar-refractivity contribution < 1.29 is 48.1 Å². The molecule has 1 aliphatic rings. The fraction of sp³-hybridized carbons (Fsp3) is 0.241. The highest BCUT2D eigenvalue weighted by atomic mass is 16.7. The van der Waals surface area contributed by atoms with Crippen LogP contribution < -0.4 is 0 Å². The zero-order valence-electron chi connectivity index (χ0n) is 21.6. The lowest BCUT2D eigenvalue weighted by Crippen LogP contribution is -2.66. The molecule has 3 aromatic carbocycles. The van der Waals surface area contributed by atoms with E-state index in [4.69, 9.17) is 23.8 Å². The molecule has 0 aliphatic carbocycles. The molecule has 1 saturated heterocycles. The molecule has 11 heteroatoms. The number of carboxylic acids is 1. The van der Waals surface area contributed by atoms with E-state index in [-0.39, 0.29) is 16.7 Å². The smallest absolute Gasteiger partial charge is 0.338 e. The van der Waals surface area contributed by atoms with Crippen LogP contribution in [0.5, 0.6) is 0 Å². The molecule has 0 spiro atoms. The Kier molecular flexibility index (Phi) is 9.23. The van der Waals surface area contributed by atoms with E-state index < -0.39 is 54.5 Å². The summed E-state index contributed by atoms with van der Waals surface area (Å²) in [5.74, 6) is -4.08. The number of nitrogens with zero attached hydrogens (tertiary/aromatic N) is 1. The third-order valence-electron chi connectivity index (χ3n) is 6.16. The van der Waals surface area contributed by atoms with Crippen molar-refractivity contribution in [3.8, 4) is 0 Å². The summed E-state index contributed by atoms with van der Waals surface area (Å²) in [6.45, 7) is 0. The summed E-state index contributed by atoms with van der Waals surface area (Å²) in [5.41, 5.74) is 0.431. The number of ether oxygens (including phenoxy) is 4. The van der Waals surface area contributed by atoms with Gasteiger partial charge in [0.1, 0.15) is 0 Å². The van der Waals surface area contributed by atoms with E-state index in [1.165, 1.54) is 50.6 Å². The molecule has 0 amide bonds. The molecule has 40 heavy (non-hydrogen) atoms. The van der Waals surface area contributed by atoms with E-state index in [2.05, 4.69) is 0 Å². The summed E-state index contributed by atoms with van der Waals surface area (Å²) in [6, 6.07) is 23.7. The molecule has 0 bridgehead atoms. The number of benzene rings is 3. The Hall–Kier alpha value is -4.58. The maximum Gasteiger partial charge on any atom is 0.338 e. The van der Waals surface area contributed by atoms with Crippen LogP contribution in [0, 0.1) is 0 Å². The van der Waals surface area contributed by atoms with Crippen molar-refractivity contribution in [1.29, 1.82) is 0 Å². The fourth-order valence-electron chi connectivity index (χ4n) is 4.11. The quantitative estimate of drug-likeness (QED) is 0.239. The van der Waals surface area contributed by atoms with Crippen LogP contribution in [0.4, 0.5) is 0 Å². The molecule has 5 atom stereocenters. The highest BCUT2D eigenvalue weighted by Gasteiger charge is 2.56. The Bertz CT molecular complexity index is 1320. The summed E-state index contributed by atoms with van der Waals surface area (Å²) in [7, 11) is 2.71. The first-order valence-corrected chi connectivity index (χ1v) is 12.2. The van der Waals surface area contributed by atoms with Crippen molar-refractivity contribution in [2.75, 3.05) is 14.2 Å². The van der Waals surface area contributed by atoms with Gasteiger partial charge in [0.25, 0.3) is 0 Å². The average Bonchev–Trinajstić information content (AvgIpc) is 2.99. The molecule has 4 rings (SSSR count). The number of hydroxylamine groups is 2. The molecule has 1 aliphatic heterocycles. The normalized spacial score (nSPS) is 22.2. The summed E-state index contributed by atoms with van der Waals surface area (Å²) in [6.07, 6.45) is -8.03. The summed E-state index contributed by atoms with van der Waals surface area (Å²) in [4.78, 5) is 57.0. The minimum absolute atomic E-state index is 0.119. The fourth-order valence-corrected chi connectivity index (χ4v) is 4.11. The second-order valence-corrected chi connectivity index (χ2v) is 8.72. The van der Waals surface area contributed by atoms with Gasteiger partial charge in [0.2, 0.25) is 0 Å². The molecule has 1 fully saturated rings. The number of hydrogen-bond acceptors (Lipinski definition) is 10. The van der Waals surface area contributed by atoms with Gasteiger partial charge >= 0.3 is 23.9 Å². The van der Waals surface area contributed by atoms with Crippen LogP contribution in [0.15, 0.2) is 91.0 Å². The standard InChI is InChI=1S/C29H27NO10/c1-30(36-2)25-23(40-29(35)20-16-10-5-11-17-20)21(38-27(33)18-12-6-3-7-13-18)22(24(37-25)26(31)32)39-28(34)19-14-8-4-9-15-19/h3-17,21-25H,1-2H3,(H,31,32)/t21-,22-,23+,24-,25+/m0/s1. The first-order valence-electron chi connectivity index (χ1n) is 12.2. The van der Waals surface area contributed by atoms with E-state index in [0.29, 0.717) is 0 Å². The minimum atomic E-state index is -1.82. The topological polar surface area (TPSA) is 138 Å². The summed E-state index contributed by atoms with van der Waals surface area (Å²) in [5, 5.41) is 11.2. The summed E-state index contributed by atoms with van der Waals surface area (Å²) >= 11 is 0. The minimum Gasteiger partial charge on any atom is -0.479 e. The largest absolute Gasteiger partial charge is 0.479 e. The molecule has 1 N–H and O–H groups in total. The van der Waals surface area contributed by atoms with Crippen LogP contribution in [-0.4, -0.2) is 78.8 Å². The Balaban J connectivity index is 1.77. The van der Waals surface area contributed by atoms with Crippen molar-refractivity contribution in [3.63, 3.8) is 0 Å². The van der Waals surface area contributed by atoms with Gasteiger partial charge in [0, 0.05) is 7.05 Å². The molecule has 11 nitrogen and oxygen atoms in total. The third-order valence-corrected chi connectivity index (χ3v) is 6.16. The molecule has 3 aromatic rings. The number of carbonyl (C=O) groups excluding carboxylic acids is 3. The molecule has 0 unspecified atom stereocenters. The van der Waals surface area contributed by atoms with Crippen LogP contribution >= 0.6 is 0 Å². The third kappa shape index (κ3) is 6.52. The second-order valence-electron chi connectivity index (χ2n) is 8.72. The van der Waals surface area contributed by atoms with Crippen LogP contribution in [0.25, 0.3) is 0 Å². The van der Waals surface area contributed by atoms with Crippen LogP contribution in [0.3, 0.4) is 0 Å². The predicted molar refractivity (Wildman–Crippen MR) is 138 cm³/mol. The van der Waals surface area contributed by atoms with Gasteiger partial charge in [-0.05, 0) is 36.4 Å². The van der Waals surface area contributed by atoms with Crippen molar-refractivity contribution in [2.45, 2.75) is 30.6 Å². The van der Waals surface area contributed by atoms with E-state index in [0.717, 1.165) is 5.06 Å². The molecular weight excluding hydrogens is 522 g/mol. The first-order chi connectivity index (χ1) is 19.3. The Morgan fingerprint density at radius 1 is 0.650 bits per heavy atom. The van der Waals surface area contributed by atoms with Crippen molar-refractivity contribution >= 4 is 23.9 Å². The summed E-state index contributed by atoms with van der Waals surface area (Å²) < 4.78 is 22.9. The number of aliphatic carboxylic acids is 1. The lowest BCUT2D eigenvalue weighted by molar-refractivity contribution is -0.311. The van der Waals surface area contributed by atoms with Gasteiger partial charge in [-0.15, -0.1) is 0 Å². The van der Waals surface area contributed by atoms with Gasteiger partial charge < -0.3 is 24.1 Å². The van der Waals surface area contributed by atoms with Gasteiger partial charge in [0.05, 0.1) is 23.8 Å². The lowest BCUT2D eigenvalue weighted by Gasteiger charge is -2.45. The molecule has 0 radical (unpaired) electrons. The van der Waals surface area contributed by atoms with Crippen molar-refractivity contribution in [3.05, 3.63) is 108 Å². The van der Waals surface area contributed by atoms with Crippen molar-refractivity contribution in [1.82, 2.24) is 5.06 Å². The second kappa shape index (κ2) is 13.0. The van der Waals surface area contributed by atoms with Crippen LogP contribution in [0.1, 0.15) is 31.1 Å². The Morgan fingerprint density at radius 3 is 1.40 bits per heavy atom. The lowest BCUT2D eigenvalue weighted by atomic mass is 9.96. The zero-order chi connectivity index (χ0) is 28.6. The van der Waals surface area contributed by atoms with Gasteiger partial charge in [-0.2, -0.15) is 5.06 Å².